The normalized spacial score (nSPS) is 12.4. The van der Waals surface area contributed by atoms with Gasteiger partial charge in [0.25, 0.3) is 0 Å². The third-order valence-electron chi connectivity index (χ3n) is 3.85. The van der Waals surface area contributed by atoms with Crippen molar-refractivity contribution in [2.75, 3.05) is 27.7 Å². The highest BCUT2D eigenvalue weighted by Crippen LogP contribution is 2.23. The van der Waals surface area contributed by atoms with Crippen molar-refractivity contribution in [3.05, 3.63) is 51.7 Å². The molecule has 2 aromatic rings. The Balaban J connectivity index is 2.11. The molecular formula is C17H22FN3OS. The first-order chi connectivity index (χ1) is 10.9. The van der Waals surface area contributed by atoms with Crippen molar-refractivity contribution in [2.24, 2.45) is 0 Å². The molecule has 0 saturated carbocycles. The first kappa shape index (κ1) is 17.6. The molecule has 0 aliphatic carbocycles. The molecule has 1 heterocycles. The molecule has 0 fully saturated rings. The van der Waals surface area contributed by atoms with Crippen LogP contribution in [0.1, 0.15) is 22.2 Å². The van der Waals surface area contributed by atoms with Gasteiger partial charge < -0.3 is 4.90 Å². The van der Waals surface area contributed by atoms with Crippen LogP contribution in [-0.4, -0.2) is 48.4 Å². The fourth-order valence-electron chi connectivity index (χ4n) is 2.48. The molecule has 23 heavy (non-hydrogen) atoms. The number of aryl methyl sites for hydroxylation is 1. The molecule has 124 valence electrons. The minimum absolute atomic E-state index is 0.109. The minimum Gasteiger partial charge on any atom is -0.344 e. The van der Waals surface area contributed by atoms with Gasteiger partial charge in [0.1, 0.15) is 11.9 Å². The van der Waals surface area contributed by atoms with E-state index in [9.17, 15) is 9.18 Å². The van der Waals surface area contributed by atoms with Crippen LogP contribution >= 0.6 is 11.3 Å². The maximum absolute atomic E-state index is 14.1. The highest BCUT2D eigenvalue weighted by molar-refractivity contribution is 7.09. The summed E-state index contributed by atoms with van der Waals surface area (Å²) in [6, 6.07) is 5.82. The second-order valence-electron chi connectivity index (χ2n) is 5.76. The summed E-state index contributed by atoms with van der Waals surface area (Å²) >= 11 is 1.60. The largest absolute Gasteiger partial charge is 0.344 e. The number of rotatable bonds is 6. The Morgan fingerprint density at radius 2 is 2.00 bits per heavy atom. The van der Waals surface area contributed by atoms with Gasteiger partial charge in [-0.2, -0.15) is 0 Å². The molecule has 4 nitrogen and oxygen atoms in total. The lowest BCUT2D eigenvalue weighted by molar-refractivity contribution is -0.135. The average Bonchev–Trinajstić information content (AvgIpc) is 2.91. The molecule has 0 saturated heterocycles. The molecule has 1 amide bonds. The number of likely N-dealkylation sites (N-methyl/N-ethyl adjacent to an activating group) is 2. The van der Waals surface area contributed by atoms with Crippen molar-refractivity contribution in [2.45, 2.75) is 19.4 Å². The standard InChI is InChI=1S/C17H22FN3OS/c1-12-15(23-11-19-12)9-10-21(4)17(22)16(20(2)3)13-7-5-6-8-14(13)18/h5-8,11,16H,9-10H2,1-4H3. The van der Waals surface area contributed by atoms with Crippen molar-refractivity contribution in [1.82, 2.24) is 14.8 Å². The van der Waals surface area contributed by atoms with E-state index in [-0.39, 0.29) is 11.7 Å². The van der Waals surface area contributed by atoms with Gasteiger partial charge in [-0.25, -0.2) is 9.37 Å². The molecular weight excluding hydrogens is 313 g/mol. The molecule has 0 radical (unpaired) electrons. The zero-order valence-electron chi connectivity index (χ0n) is 13.9. The average molecular weight is 335 g/mol. The van der Waals surface area contributed by atoms with E-state index >= 15 is 0 Å². The Labute approximate surface area is 140 Å². The summed E-state index contributed by atoms with van der Waals surface area (Å²) in [5.74, 6) is -0.464. The highest BCUT2D eigenvalue weighted by Gasteiger charge is 2.28. The molecule has 0 aliphatic rings. The van der Waals surface area contributed by atoms with Gasteiger partial charge in [-0.1, -0.05) is 18.2 Å². The van der Waals surface area contributed by atoms with Crippen LogP contribution in [0.15, 0.2) is 29.8 Å². The topological polar surface area (TPSA) is 36.4 Å². The van der Waals surface area contributed by atoms with Crippen LogP contribution in [0.2, 0.25) is 0 Å². The zero-order valence-corrected chi connectivity index (χ0v) is 14.7. The molecule has 1 aromatic carbocycles. The van der Waals surface area contributed by atoms with E-state index in [0.29, 0.717) is 12.1 Å². The van der Waals surface area contributed by atoms with Crippen LogP contribution in [0.4, 0.5) is 4.39 Å². The fourth-order valence-corrected chi connectivity index (χ4v) is 3.25. The lowest BCUT2D eigenvalue weighted by Gasteiger charge is -2.28. The Morgan fingerprint density at radius 1 is 1.30 bits per heavy atom. The number of halogens is 1. The van der Waals surface area contributed by atoms with Gasteiger partial charge in [0, 0.05) is 30.5 Å². The molecule has 1 unspecified atom stereocenters. The molecule has 0 N–H and O–H groups in total. The van der Waals surface area contributed by atoms with Crippen molar-refractivity contribution in [3.8, 4) is 0 Å². The number of hydrogen-bond acceptors (Lipinski definition) is 4. The second-order valence-corrected chi connectivity index (χ2v) is 6.70. The van der Waals surface area contributed by atoms with Gasteiger partial charge in [0.15, 0.2) is 0 Å². The van der Waals surface area contributed by atoms with Gasteiger partial charge in [-0.05, 0) is 27.1 Å². The number of carbonyl (C=O) groups excluding carboxylic acids is 1. The second kappa shape index (κ2) is 7.66. The van der Waals surface area contributed by atoms with E-state index in [1.165, 1.54) is 10.9 Å². The van der Waals surface area contributed by atoms with Gasteiger partial charge >= 0.3 is 0 Å². The molecule has 1 aromatic heterocycles. The van der Waals surface area contributed by atoms with E-state index in [2.05, 4.69) is 4.98 Å². The van der Waals surface area contributed by atoms with E-state index in [1.54, 1.807) is 60.5 Å². The summed E-state index contributed by atoms with van der Waals surface area (Å²) in [5.41, 5.74) is 3.23. The van der Waals surface area contributed by atoms with E-state index in [1.807, 2.05) is 12.4 Å². The summed E-state index contributed by atoms with van der Waals surface area (Å²) in [4.78, 5) is 21.6. The van der Waals surface area contributed by atoms with E-state index in [0.717, 1.165) is 12.1 Å². The first-order valence-electron chi connectivity index (χ1n) is 7.46. The van der Waals surface area contributed by atoms with Crippen LogP contribution in [0, 0.1) is 12.7 Å². The van der Waals surface area contributed by atoms with Crippen LogP contribution < -0.4 is 0 Å². The lowest BCUT2D eigenvalue weighted by atomic mass is 10.0. The third kappa shape index (κ3) is 4.14. The number of nitrogens with zero attached hydrogens (tertiary/aromatic N) is 3. The van der Waals surface area contributed by atoms with Crippen molar-refractivity contribution >= 4 is 17.2 Å². The maximum Gasteiger partial charge on any atom is 0.244 e. The minimum atomic E-state index is -0.622. The quantitative estimate of drug-likeness (QED) is 0.814. The smallest absolute Gasteiger partial charge is 0.244 e. The monoisotopic (exact) mass is 335 g/mol. The third-order valence-corrected chi connectivity index (χ3v) is 4.84. The first-order valence-corrected chi connectivity index (χ1v) is 8.34. The van der Waals surface area contributed by atoms with Crippen LogP contribution in [-0.2, 0) is 11.2 Å². The molecule has 0 bridgehead atoms. The van der Waals surface area contributed by atoms with E-state index < -0.39 is 6.04 Å². The van der Waals surface area contributed by atoms with Gasteiger partial charge in [0.05, 0.1) is 11.2 Å². The summed E-state index contributed by atoms with van der Waals surface area (Å²) in [6.45, 7) is 2.55. The summed E-state index contributed by atoms with van der Waals surface area (Å²) < 4.78 is 14.1. The molecule has 1 atom stereocenters. The number of thiazole rings is 1. The van der Waals surface area contributed by atoms with Gasteiger partial charge in [-0.3, -0.25) is 9.69 Å². The van der Waals surface area contributed by atoms with Gasteiger partial charge in [-0.15, -0.1) is 11.3 Å². The Kier molecular flexibility index (Phi) is 5.85. The molecule has 2 rings (SSSR count). The van der Waals surface area contributed by atoms with Gasteiger partial charge in [0.2, 0.25) is 5.91 Å². The summed E-state index contributed by atoms with van der Waals surface area (Å²) in [5, 5.41) is 0. The summed E-state index contributed by atoms with van der Waals surface area (Å²) in [6.07, 6.45) is 0.760. The molecule has 6 heteroatoms. The SMILES string of the molecule is Cc1ncsc1CCN(C)C(=O)C(c1ccccc1F)N(C)C. The van der Waals surface area contributed by atoms with Crippen LogP contribution in [0.5, 0.6) is 0 Å². The van der Waals surface area contributed by atoms with E-state index in [4.69, 9.17) is 0 Å². The maximum atomic E-state index is 14.1. The fraction of sp³-hybridized carbons (Fsp3) is 0.412. The summed E-state index contributed by atoms with van der Waals surface area (Å²) in [7, 11) is 5.34. The van der Waals surface area contributed by atoms with Crippen LogP contribution in [0.25, 0.3) is 0 Å². The Bertz CT molecular complexity index is 671. The van der Waals surface area contributed by atoms with Crippen molar-refractivity contribution in [1.29, 1.82) is 0 Å². The van der Waals surface area contributed by atoms with Crippen molar-refractivity contribution in [3.63, 3.8) is 0 Å². The Hall–Kier alpha value is -1.79. The van der Waals surface area contributed by atoms with Crippen LogP contribution in [0.3, 0.4) is 0 Å². The number of hydrogen-bond donors (Lipinski definition) is 0. The number of amides is 1. The highest BCUT2D eigenvalue weighted by atomic mass is 32.1. The Morgan fingerprint density at radius 3 is 2.57 bits per heavy atom. The lowest BCUT2D eigenvalue weighted by Crippen LogP contribution is -2.39. The molecule has 0 spiro atoms. The van der Waals surface area contributed by atoms with Crippen molar-refractivity contribution < 1.29 is 9.18 Å². The number of benzene rings is 1. The zero-order chi connectivity index (χ0) is 17.0. The predicted molar refractivity (Wildman–Crippen MR) is 91.0 cm³/mol. The molecule has 0 aliphatic heterocycles. The number of aromatic nitrogens is 1. The predicted octanol–water partition coefficient (Wildman–Crippen LogP) is 2.89. The number of carbonyl (C=O) groups is 1.